The van der Waals surface area contributed by atoms with Crippen molar-refractivity contribution in [1.82, 2.24) is 19.7 Å². The molecule has 176 valence electrons. The van der Waals surface area contributed by atoms with Crippen LogP contribution in [0.1, 0.15) is 34.1 Å². The maximum Gasteiger partial charge on any atom is 0.257 e. The number of carbonyl (C=O) groups is 1. The van der Waals surface area contributed by atoms with Gasteiger partial charge in [-0.15, -0.1) is 0 Å². The molecule has 1 aliphatic carbocycles. The number of rotatable bonds is 7. The van der Waals surface area contributed by atoms with Crippen molar-refractivity contribution in [1.29, 1.82) is 0 Å². The Morgan fingerprint density at radius 3 is 2.53 bits per heavy atom. The Morgan fingerprint density at radius 2 is 1.71 bits per heavy atom. The lowest BCUT2D eigenvalue weighted by molar-refractivity contribution is 0.0593. The van der Waals surface area contributed by atoms with E-state index in [9.17, 15) is 4.79 Å². The number of fused-ring (bicyclic) bond motifs is 3. The lowest BCUT2D eigenvalue weighted by Crippen LogP contribution is -2.49. The largest absolute Gasteiger partial charge is 0.493 e. The standard InChI is InChI=1S/C28H32N4O2/c1-30(2)15-8-20-34-25-13-6-5-11-24(25)28(33)32-18-16-31(17-19-32)27-23-10-4-3-9-21(23)22-12-7-14-29-26(22)27/h3-7,9-14,27H,8,15-20H2,1-2H3. The van der Waals surface area contributed by atoms with Gasteiger partial charge in [-0.3, -0.25) is 14.7 Å². The molecule has 2 heterocycles. The van der Waals surface area contributed by atoms with Crippen molar-refractivity contribution in [3.8, 4) is 16.9 Å². The van der Waals surface area contributed by atoms with Crippen molar-refractivity contribution in [2.24, 2.45) is 0 Å². The number of carbonyl (C=O) groups excluding carboxylic acids is 1. The molecular weight excluding hydrogens is 424 g/mol. The van der Waals surface area contributed by atoms with Crippen LogP contribution < -0.4 is 4.74 Å². The Bertz CT molecular complexity index is 1110. The average Bonchev–Trinajstić information content (AvgIpc) is 3.21. The lowest BCUT2D eigenvalue weighted by Gasteiger charge is -2.38. The van der Waals surface area contributed by atoms with Gasteiger partial charge in [0.15, 0.2) is 0 Å². The molecule has 3 aromatic rings. The molecule has 0 bridgehead atoms. The summed E-state index contributed by atoms with van der Waals surface area (Å²) in [6.45, 7) is 4.56. The zero-order valence-electron chi connectivity index (χ0n) is 20.0. The van der Waals surface area contributed by atoms with Crippen molar-refractivity contribution in [2.75, 3.05) is 53.4 Å². The number of amides is 1. The topological polar surface area (TPSA) is 48.9 Å². The lowest BCUT2D eigenvalue weighted by atomic mass is 10.0. The zero-order valence-corrected chi connectivity index (χ0v) is 20.0. The second-order valence-electron chi connectivity index (χ2n) is 9.26. The van der Waals surface area contributed by atoms with Gasteiger partial charge in [0.05, 0.1) is 23.9 Å². The fourth-order valence-electron chi connectivity index (χ4n) is 5.05. The van der Waals surface area contributed by atoms with Crippen molar-refractivity contribution >= 4 is 5.91 Å². The summed E-state index contributed by atoms with van der Waals surface area (Å²) >= 11 is 0. The molecule has 2 aromatic carbocycles. The summed E-state index contributed by atoms with van der Waals surface area (Å²) in [4.78, 5) is 24.7. The fourth-order valence-corrected chi connectivity index (χ4v) is 5.05. The van der Waals surface area contributed by atoms with Gasteiger partial charge < -0.3 is 14.5 Å². The highest BCUT2D eigenvalue weighted by Gasteiger charge is 2.36. The van der Waals surface area contributed by atoms with E-state index in [2.05, 4.69) is 54.2 Å². The van der Waals surface area contributed by atoms with Crippen molar-refractivity contribution in [2.45, 2.75) is 12.5 Å². The molecule has 1 unspecified atom stereocenters. The summed E-state index contributed by atoms with van der Waals surface area (Å²) in [5.41, 5.74) is 5.59. The molecule has 1 saturated heterocycles. The van der Waals surface area contributed by atoms with E-state index in [1.165, 1.54) is 16.7 Å². The van der Waals surface area contributed by atoms with Crippen molar-refractivity contribution in [3.05, 3.63) is 83.7 Å². The van der Waals surface area contributed by atoms with Crippen LogP contribution in [0, 0.1) is 0 Å². The SMILES string of the molecule is CN(C)CCCOc1ccccc1C(=O)N1CCN(C2c3ccccc3-c3cccnc32)CC1. The minimum Gasteiger partial charge on any atom is -0.493 e. The van der Waals surface area contributed by atoms with Gasteiger partial charge in [-0.2, -0.15) is 0 Å². The number of benzene rings is 2. The minimum absolute atomic E-state index is 0.0493. The predicted molar refractivity (Wildman–Crippen MR) is 134 cm³/mol. The predicted octanol–water partition coefficient (Wildman–Crippen LogP) is 3.94. The fraction of sp³-hybridized carbons (Fsp3) is 0.357. The number of ether oxygens (including phenoxy) is 1. The third-order valence-electron chi connectivity index (χ3n) is 6.73. The number of aromatic nitrogens is 1. The Balaban J connectivity index is 1.27. The maximum absolute atomic E-state index is 13.4. The third-order valence-corrected chi connectivity index (χ3v) is 6.73. The van der Waals surface area contributed by atoms with Gasteiger partial charge in [0, 0.05) is 44.5 Å². The highest BCUT2D eigenvalue weighted by Crippen LogP contribution is 2.45. The number of hydrogen-bond donors (Lipinski definition) is 0. The van der Waals surface area contributed by atoms with Gasteiger partial charge in [-0.05, 0) is 49.8 Å². The van der Waals surface area contributed by atoms with Crippen LogP contribution in [0.5, 0.6) is 5.75 Å². The third kappa shape index (κ3) is 4.43. The molecule has 0 saturated carbocycles. The van der Waals surface area contributed by atoms with Crippen LogP contribution >= 0.6 is 0 Å². The number of nitrogens with zero attached hydrogens (tertiary/aromatic N) is 4. The first kappa shape index (κ1) is 22.6. The summed E-state index contributed by atoms with van der Waals surface area (Å²) in [5.74, 6) is 0.727. The van der Waals surface area contributed by atoms with Gasteiger partial charge in [0.2, 0.25) is 0 Å². The molecule has 0 N–H and O–H groups in total. The van der Waals surface area contributed by atoms with E-state index in [-0.39, 0.29) is 11.9 Å². The number of piperazine rings is 1. The van der Waals surface area contributed by atoms with Gasteiger partial charge in [-0.25, -0.2) is 0 Å². The second kappa shape index (κ2) is 9.95. The molecule has 1 fully saturated rings. The highest BCUT2D eigenvalue weighted by atomic mass is 16.5. The van der Waals surface area contributed by atoms with Crippen LogP contribution in [0.3, 0.4) is 0 Å². The van der Waals surface area contributed by atoms with E-state index in [1.807, 2.05) is 41.4 Å². The summed E-state index contributed by atoms with van der Waals surface area (Å²) < 4.78 is 5.99. The molecule has 6 nitrogen and oxygen atoms in total. The summed E-state index contributed by atoms with van der Waals surface area (Å²) in [5, 5.41) is 0. The smallest absolute Gasteiger partial charge is 0.257 e. The van der Waals surface area contributed by atoms with Crippen LogP contribution in [0.4, 0.5) is 0 Å². The number of para-hydroxylation sites is 1. The first-order chi connectivity index (χ1) is 16.6. The van der Waals surface area contributed by atoms with Gasteiger partial charge in [-0.1, -0.05) is 42.5 Å². The first-order valence-electron chi connectivity index (χ1n) is 12.1. The van der Waals surface area contributed by atoms with E-state index in [1.54, 1.807) is 0 Å². The van der Waals surface area contributed by atoms with E-state index < -0.39 is 0 Å². The molecular formula is C28H32N4O2. The minimum atomic E-state index is 0.0493. The Kier molecular flexibility index (Phi) is 6.61. The monoisotopic (exact) mass is 456 g/mol. The van der Waals surface area contributed by atoms with E-state index in [0.717, 1.165) is 31.7 Å². The molecule has 2 aliphatic rings. The number of pyridine rings is 1. The molecule has 0 radical (unpaired) electrons. The van der Waals surface area contributed by atoms with Crippen LogP contribution in [-0.4, -0.2) is 79.0 Å². The second-order valence-corrected chi connectivity index (χ2v) is 9.26. The van der Waals surface area contributed by atoms with Gasteiger partial charge in [0.1, 0.15) is 5.75 Å². The number of hydrogen-bond acceptors (Lipinski definition) is 5. The van der Waals surface area contributed by atoms with E-state index in [4.69, 9.17) is 9.72 Å². The van der Waals surface area contributed by atoms with Gasteiger partial charge in [0.25, 0.3) is 5.91 Å². The normalized spacial score (nSPS) is 17.5. The molecule has 5 rings (SSSR count). The van der Waals surface area contributed by atoms with Crippen molar-refractivity contribution in [3.63, 3.8) is 0 Å². The Morgan fingerprint density at radius 1 is 0.971 bits per heavy atom. The van der Waals surface area contributed by atoms with Crippen LogP contribution in [0.2, 0.25) is 0 Å². The van der Waals surface area contributed by atoms with E-state index >= 15 is 0 Å². The quantitative estimate of drug-likeness (QED) is 0.504. The van der Waals surface area contributed by atoms with Gasteiger partial charge >= 0.3 is 0 Å². The summed E-state index contributed by atoms with van der Waals surface area (Å²) in [6.07, 6.45) is 2.81. The Hall–Kier alpha value is -3.22. The van der Waals surface area contributed by atoms with Crippen LogP contribution in [0.15, 0.2) is 66.9 Å². The van der Waals surface area contributed by atoms with Crippen LogP contribution in [-0.2, 0) is 0 Å². The Labute approximate surface area is 201 Å². The highest BCUT2D eigenvalue weighted by molar-refractivity contribution is 5.97. The maximum atomic E-state index is 13.4. The van der Waals surface area contributed by atoms with Crippen molar-refractivity contribution < 1.29 is 9.53 Å². The summed E-state index contributed by atoms with van der Waals surface area (Å²) in [7, 11) is 4.10. The molecule has 1 aromatic heterocycles. The molecule has 34 heavy (non-hydrogen) atoms. The van der Waals surface area contributed by atoms with Crippen LogP contribution in [0.25, 0.3) is 11.1 Å². The molecule has 0 spiro atoms. The zero-order chi connectivity index (χ0) is 23.5. The average molecular weight is 457 g/mol. The molecule has 6 heteroatoms. The molecule has 1 atom stereocenters. The van der Waals surface area contributed by atoms with E-state index in [0.29, 0.717) is 31.0 Å². The summed E-state index contributed by atoms with van der Waals surface area (Å²) in [6, 6.07) is 20.5. The molecule has 1 aliphatic heterocycles. The first-order valence-corrected chi connectivity index (χ1v) is 12.1. The molecule has 1 amide bonds.